The van der Waals surface area contributed by atoms with Crippen LogP contribution in [-0.2, 0) is 16.1 Å². The second-order valence-electron chi connectivity index (χ2n) is 5.57. The predicted octanol–water partition coefficient (Wildman–Crippen LogP) is 1.54. The van der Waals surface area contributed by atoms with Gasteiger partial charge in [-0.05, 0) is 18.1 Å². The monoisotopic (exact) mass is 368 g/mol. The summed E-state index contributed by atoms with van der Waals surface area (Å²) >= 11 is 0. The molecule has 9 heteroatoms. The Morgan fingerprint density at radius 3 is 2.48 bits per heavy atom. The van der Waals surface area contributed by atoms with Crippen LogP contribution < -0.4 is 11.1 Å². The van der Waals surface area contributed by atoms with Crippen molar-refractivity contribution in [2.24, 2.45) is 11.7 Å². The Morgan fingerprint density at radius 2 is 1.92 bits per heavy atom. The summed E-state index contributed by atoms with van der Waals surface area (Å²) in [5.41, 5.74) is 6.87. The third kappa shape index (κ3) is 5.27. The molecule has 0 unspecified atom stereocenters. The topological polar surface area (TPSA) is 120 Å². The molecule has 1 heterocycles. The number of esters is 1. The lowest BCUT2D eigenvalue weighted by Crippen LogP contribution is -2.43. The number of methoxy groups -OCH3 is 1. The summed E-state index contributed by atoms with van der Waals surface area (Å²) < 4.78 is 9.74. The molecular weight excluding hydrogens is 348 g/mol. The zero-order chi connectivity index (χ0) is 17.7. The van der Waals surface area contributed by atoms with Crippen LogP contribution in [0.25, 0.3) is 11.4 Å². The molecular formula is C16H21ClN4O4. The van der Waals surface area contributed by atoms with Crippen LogP contribution in [0.3, 0.4) is 0 Å². The molecule has 8 nitrogen and oxygen atoms in total. The molecule has 1 amide bonds. The Hall–Kier alpha value is -2.45. The summed E-state index contributed by atoms with van der Waals surface area (Å²) in [4.78, 5) is 27.4. The summed E-state index contributed by atoms with van der Waals surface area (Å²) in [6.07, 6.45) is 0. The fourth-order valence-corrected chi connectivity index (χ4v) is 1.90. The second-order valence-corrected chi connectivity index (χ2v) is 5.57. The number of halogens is 1. The Morgan fingerprint density at radius 1 is 1.28 bits per heavy atom. The molecule has 0 aliphatic heterocycles. The number of ether oxygens (including phenoxy) is 1. The normalized spacial score (nSPS) is 11.6. The molecule has 0 bridgehead atoms. The highest BCUT2D eigenvalue weighted by atomic mass is 35.5. The standard InChI is InChI=1S/C16H20N4O4.ClH/c1-9(2)13(17)15(21)18-8-12-19-14(20-24-12)10-4-6-11(7-5-10)16(22)23-3;/h4-7,9,13H,8,17H2,1-3H3,(H,18,21);1H/t13-;/m0./s1. The van der Waals surface area contributed by atoms with Crippen molar-refractivity contribution in [3.8, 4) is 11.4 Å². The summed E-state index contributed by atoms with van der Waals surface area (Å²) in [6.45, 7) is 3.84. The lowest BCUT2D eigenvalue weighted by atomic mass is 10.1. The second kappa shape index (κ2) is 9.14. The zero-order valence-electron chi connectivity index (χ0n) is 14.2. The average Bonchev–Trinajstić information content (AvgIpc) is 3.07. The number of hydrogen-bond donors (Lipinski definition) is 2. The fourth-order valence-electron chi connectivity index (χ4n) is 1.90. The van der Waals surface area contributed by atoms with Crippen LogP contribution >= 0.6 is 12.4 Å². The molecule has 0 aliphatic rings. The molecule has 2 aromatic rings. The maximum absolute atomic E-state index is 11.8. The molecule has 1 atom stereocenters. The van der Waals surface area contributed by atoms with E-state index in [0.29, 0.717) is 17.0 Å². The minimum Gasteiger partial charge on any atom is -0.465 e. The first-order valence-electron chi connectivity index (χ1n) is 7.47. The molecule has 0 saturated heterocycles. The number of nitrogens with zero attached hydrogens (tertiary/aromatic N) is 2. The first kappa shape index (κ1) is 20.6. The Labute approximate surface area is 151 Å². The number of carbonyl (C=O) groups is 2. The first-order valence-corrected chi connectivity index (χ1v) is 7.47. The molecule has 0 saturated carbocycles. The van der Waals surface area contributed by atoms with E-state index in [1.165, 1.54) is 7.11 Å². The van der Waals surface area contributed by atoms with Crippen LogP contribution in [0.2, 0.25) is 0 Å². The van der Waals surface area contributed by atoms with E-state index in [4.69, 9.17) is 10.3 Å². The summed E-state index contributed by atoms with van der Waals surface area (Å²) in [6, 6.07) is 6.02. The average molecular weight is 369 g/mol. The molecule has 2 rings (SSSR count). The van der Waals surface area contributed by atoms with Gasteiger partial charge in [0.2, 0.25) is 17.6 Å². The number of rotatable bonds is 6. The molecule has 0 fully saturated rings. The van der Waals surface area contributed by atoms with Crippen LogP contribution in [0.1, 0.15) is 30.1 Å². The lowest BCUT2D eigenvalue weighted by Gasteiger charge is -2.14. The third-order valence-corrected chi connectivity index (χ3v) is 3.47. The number of amides is 1. The van der Waals surface area contributed by atoms with Crippen molar-refractivity contribution < 1.29 is 18.8 Å². The first-order chi connectivity index (χ1) is 11.4. The largest absolute Gasteiger partial charge is 0.465 e. The Kier molecular flexibility index (Phi) is 7.53. The lowest BCUT2D eigenvalue weighted by molar-refractivity contribution is -0.123. The van der Waals surface area contributed by atoms with Gasteiger partial charge in [0.15, 0.2) is 0 Å². The van der Waals surface area contributed by atoms with Gasteiger partial charge in [-0.2, -0.15) is 4.98 Å². The number of benzene rings is 1. The molecule has 25 heavy (non-hydrogen) atoms. The van der Waals surface area contributed by atoms with Crippen molar-refractivity contribution >= 4 is 24.3 Å². The smallest absolute Gasteiger partial charge is 0.337 e. The van der Waals surface area contributed by atoms with Gasteiger partial charge in [0, 0.05) is 5.56 Å². The van der Waals surface area contributed by atoms with Gasteiger partial charge >= 0.3 is 5.97 Å². The summed E-state index contributed by atoms with van der Waals surface area (Å²) in [5.74, 6) is -0.0153. The van der Waals surface area contributed by atoms with Crippen molar-refractivity contribution in [3.63, 3.8) is 0 Å². The van der Waals surface area contributed by atoms with E-state index in [-0.39, 0.29) is 36.7 Å². The van der Waals surface area contributed by atoms with Crippen molar-refractivity contribution in [2.45, 2.75) is 26.4 Å². The SMILES string of the molecule is COC(=O)c1ccc(-c2noc(CNC(=O)[C@@H](N)C(C)C)n2)cc1.Cl. The summed E-state index contributed by atoms with van der Waals surface area (Å²) in [5, 5.41) is 6.51. The van der Waals surface area contributed by atoms with E-state index in [1.807, 2.05) is 13.8 Å². The molecule has 3 N–H and O–H groups in total. The van der Waals surface area contributed by atoms with Gasteiger partial charge in [0.1, 0.15) is 0 Å². The van der Waals surface area contributed by atoms with Crippen LogP contribution in [0.4, 0.5) is 0 Å². The number of nitrogens with two attached hydrogens (primary N) is 1. The molecule has 0 radical (unpaired) electrons. The molecule has 0 aliphatic carbocycles. The molecule has 0 spiro atoms. The van der Waals surface area contributed by atoms with Crippen molar-refractivity contribution in [2.75, 3.05) is 7.11 Å². The number of aromatic nitrogens is 2. The van der Waals surface area contributed by atoms with Crippen molar-refractivity contribution in [1.29, 1.82) is 0 Å². The van der Waals surface area contributed by atoms with E-state index in [2.05, 4.69) is 20.2 Å². The van der Waals surface area contributed by atoms with Crippen molar-refractivity contribution in [3.05, 3.63) is 35.7 Å². The van der Waals surface area contributed by atoms with Crippen LogP contribution in [-0.4, -0.2) is 35.2 Å². The van der Waals surface area contributed by atoms with Gasteiger partial charge in [-0.3, -0.25) is 4.79 Å². The fraction of sp³-hybridized carbons (Fsp3) is 0.375. The van der Waals surface area contributed by atoms with Gasteiger partial charge < -0.3 is 20.3 Å². The van der Waals surface area contributed by atoms with Crippen LogP contribution in [0.5, 0.6) is 0 Å². The Bertz CT molecular complexity index is 715. The quantitative estimate of drug-likeness (QED) is 0.742. The number of hydrogen-bond acceptors (Lipinski definition) is 7. The highest BCUT2D eigenvalue weighted by Crippen LogP contribution is 2.17. The summed E-state index contributed by atoms with van der Waals surface area (Å²) in [7, 11) is 1.32. The maximum Gasteiger partial charge on any atom is 0.337 e. The molecule has 1 aromatic heterocycles. The Balaban J connectivity index is 0.00000312. The molecule has 1 aromatic carbocycles. The third-order valence-electron chi connectivity index (χ3n) is 3.47. The van der Waals surface area contributed by atoms with Crippen LogP contribution in [0, 0.1) is 5.92 Å². The van der Waals surface area contributed by atoms with E-state index < -0.39 is 12.0 Å². The van der Waals surface area contributed by atoms with Gasteiger partial charge in [0.05, 0.1) is 25.3 Å². The van der Waals surface area contributed by atoms with Gasteiger partial charge in [-0.25, -0.2) is 4.79 Å². The van der Waals surface area contributed by atoms with E-state index >= 15 is 0 Å². The van der Waals surface area contributed by atoms with Gasteiger partial charge in [0.25, 0.3) is 0 Å². The predicted molar refractivity (Wildman–Crippen MR) is 93.0 cm³/mol. The van der Waals surface area contributed by atoms with Gasteiger partial charge in [-0.1, -0.05) is 31.1 Å². The van der Waals surface area contributed by atoms with Crippen molar-refractivity contribution in [1.82, 2.24) is 15.5 Å². The van der Waals surface area contributed by atoms with Gasteiger partial charge in [-0.15, -0.1) is 12.4 Å². The number of nitrogens with one attached hydrogen (secondary N) is 1. The molecule has 136 valence electrons. The van der Waals surface area contributed by atoms with E-state index in [1.54, 1.807) is 24.3 Å². The number of carbonyl (C=O) groups excluding carboxylic acids is 2. The van der Waals surface area contributed by atoms with Crippen LogP contribution in [0.15, 0.2) is 28.8 Å². The highest BCUT2D eigenvalue weighted by Gasteiger charge is 2.18. The van der Waals surface area contributed by atoms with E-state index in [9.17, 15) is 9.59 Å². The minimum absolute atomic E-state index is 0. The minimum atomic E-state index is -0.585. The zero-order valence-corrected chi connectivity index (χ0v) is 15.0. The maximum atomic E-state index is 11.8. The highest BCUT2D eigenvalue weighted by molar-refractivity contribution is 5.89. The van der Waals surface area contributed by atoms with E-state index in [0.717, 1.165) is 0 Å².